The maximum atomic E-state index is 13.3. The number of hydrogen-bond donors (Lipinski definition) is 1. The van der Waals surface area contributed by atoms with Crippen LogP contribution in [0, 0.1) is 0 Å². The number of furan rings is 1. The fourth-order valence-electron chi connectivity index (χ4n) is 4.86. The Bertz CT molecular complexity index is 1520. The number of hydrogen-bond acceptors (Lipinski definition) is 5. The summed E-state index contributed by atoms with van der Waals surface area (Å²) in [6.45, 7) is 0.952. The topological polar surface area (TPSA) is 73.0 Å². The molecule has 6 rings (SSSR count). The molecule has 3 heterocycles. The first kappa shape index (κ1) is 23.6. The number of carbonyl (C=O) groups is 1. The van der Waals surface area contributed by atoms with E-state index in [9.17, 15) is 4.79 Å². The second kappa shape index (κ2) is 10.6. The van der Waals surface area contributed by atoms with Gasteiger partial charge in [-0.2, -0.15) is 11.8 Å². The molecule has 186 valence electrons. The van der Waals surface area contributed by atoms with Gasteiger partial charge in [-0.25, -0.2) is 0 Å². The Labute approximate surface area is 220 Å². The summed E-state index contributed by atoms with van der Waals surface area (Å²) in [5, 5.41) is 12.9. The molecule has 0 aliphatic carbocycles. The quantitative estimate of drug-likeness (QED) is 0.254. The number of benzene rings is 3. The molecule has 1 amide bonds. The zero-order chi connectivity index (χ0) is 25.0. The minimum atomic E-state index is -0.240. The Balaban J connectivity index is 1.20. The minimum Gasteiger partial charge on any atom is -0.451 e. The molecule has 0 unspecified atom stereocenters. The maximum Gasteiger partial charge on any atom is 0.291 e. The van der Waals surface area contributed by atoms with Crippen LogP contribution in [0.15, 0.2) is 83.3 Å². The summed E-state index contributed by atoms with van der Waals surface area (Å²) in [6, 6.07) is 26.0. The molecule has 0 bridgehead atoms. The summed E-state index contributed by atoms with van der Waals surface area (Å²) < 4.78 is 8.28. The van der Waals surface area contributed by atoms with Crippen LogP contribution in [0.5, 0.6) is 0 Å². The van der Waals surface area contributed by atoms with Crippen molar-refractivity contribution in [2.24, 2.45) is 0 Å². The van der Waals surface area contributed by atoms with Crippen LogP contribution in [0.2, 0.25) is 0 Å². The summed E-state index contributed by atoms with van der Waals surface area (Å²) in [7, 11) is 0. The van der Waals surface area contributed by atoms with Crippen LogP contribution in [0.4, 0.5) is 5.69 Å². The molecule has 1 aliphatic rings. The van der Waals surface area contributed by atoms with Crippen molar-refractivity contribution in [1.29, 1.82) is 0 Å². The van der Waals surface area contributed by atoms with Crippen molar-refractivity contribution in [2.45, 2.75) is 43.7 Å². The fraction of sp³-hybridized carbons (Fsp3) is 0.233. The van der Waals surface area contributed by atoms with Gasteiger partial charge in [-0.15, -0.1) is 10.2 Å². The van der Waals surface area contributed by atoms with Gasteiger partial charge >= 0.3 is 0 Å². The molecule has 7 heteroatoms. The van der Waals surface area contributed by atoms with Crippen molar-refractivity contribution < 1.29 is 9.21 Å². The Hall–Kier alpha value is -3.84. The number of rotatable bonds is 7. The van der Waals surface area contributed by atoms with Gasteiger partial charge in [0.1, 0.15) is 11.4 Å². The van der Waals surface area contributed by atoms with Crippen molar-refractivity contribution in [1.82, 2.24) is 14.8 Å². The van der Waals surface area contributed by atoms with Gasteiger partial charge in [-0.1, -0.05) is 55.0 Å². The highest BCUT2D eigenvalue weighted by atomic mass is 32.2. The molecular weight excluding hydrogens is 480 g/mol. The Morgan fingerprint density at radius 1 is 0.892 bits per heavy atom. The van der Waals surface area contributed by atoms with E-state index in [1.165, 1.54) is 12.0 Å². The van der Waals surface area contributed by atoms with E-state index in [4.69, 9.17) is 4.42 Å². The summed E-state index contributed by atoms with van der Waals surface area (Å²) >= 11 is 1.77. The molecule has 2 aromatic heterocycles. The van der Waals surface area contributed by atoms with Crippen molar-refractivity contribution >= 4 is 34.3 Å². The molecule has 37 heavy (non-hydrogen) atoms. The van der Waals surface area contributed by atoms with Crippen LogP contribution in [0.1, 0.15) is 46.8 Å². The molecule has 0 fully saturated rings. The van der Waals surface area contributed by atoms with Crippen molar-refractivity contribution in [2.75, 3.05) is 5.32 Å². The molecule has 1 aliphatic heterocycles. The maximum absolute atomic E-state index is 13.3. The van der Waals surface area contributed by atoms with E-state index >= 15 is 0 Å². The van der Waals surface area contributed by atoms with E-state index in [0.717, 1.165) is 65.3 Å². The van der Waals surface area contributed by atoms with Gasteiger partial charge in [-0.05, 0) is 48.7 Å². The Kier molecular flexibility index (Phi) is 6.78. The van der Waals surface area contributed by atoms with Crippen LogP contribution >= 0.6 is 11.8 Å². The van der Waals surface area contributed by atoms with Crippen LogP contribution in [0.3, 0.4) is 0 Å². The predicted octanol–water partition coefficient (Wildman–Crippen LogP) is 7.10. The summed E-state index contributed by atoms with van der Waals surface area (Å²) in [4.78, 5) is 13.3. The molecule has 0 saturated heterocycles. The van der Waals surface area contributed by atoms with Gasteiger partial charge in [0.15, 0.2) is 11.6 Å². The van der Waals surface area contributed by atoms with Crippen LogP contribution in [-0.4, -0.2) is 20.7 Å². The lowest BCUT2D eigenvalue weighted by atomic mass is 10.1. The lowest BCUT2D eigenvalue weighted by Crippen LogP contribution is -2.12. The molecule has 1 N–H and O–H groups in total. The van der Waals surface area contributed by atoms with Gasteiger partial charge in [0.25, 0.3) is 5.91 Å². The molecule has 0 saturated carbocycles. The number of thioether (sulfide) groups is 1. The number of nitrogens with zero attached hydrogens (tertiary/aromatic N) is 3. The Morgan fingerprint density at radius 2 is 1.70 bits per heavy atom. The fourth-order valence-corrected chi connectivity index (χ4v) is 5.88. The summed E-state index contributed by atoms with van der Waals surface area (Å²) in [6.07, 6.45) is 4.51. The van der Waals surface area contributed by atoms with E-state index in [1.807, 2.05) is 66.7 Å². The molecule has 5 aromatic rings. The normalized spacial score (nSPS) is 13.3. The van der Waals surface area contributed by atoms with Gasteiger partial charge in [0.2, 0.25) is 0 Å². The van der Waals surface area contributed by atoms with Crippen molar-refractivity contribution in [3.63, 3.8) is 0 Å². The number of fused-ring (bicyclic) bond motifs is 2. The first-order valence-corrected chi connectivity index (χ1v) is 13.9. The van der Waals surface area contributed by atoms with Gasteiger partial charge in [-0.3, -0.25) is 4.79 Å². The highest BCUT2D eigenvalue weighted by molar-refractivity contribution is 7.97. The second-order valence-electron chi connectivity index (χ2n) is 9.32. The molecule has 0 radical (unpaired) electrons. The third-order valence-corrected chi connectivity index (χ3v) is 7.80. The van der Waals surface area contributed by atoms with Crippen LogP contribution in [-0.2, 0) is 24.5 Å². The lowest BCUT2D eigenvalue weighted by Gasteiger charge is -2.09. The van der Waals surface area contributed by atoms with E-state index in [-0.39, 0.29) is 5.91 Å². The van der Waals surface area contributed by atoms with Gasteiger partial charge in [0.05, 0.1) is 0 Å². The monoisotopic (exact) mass is 508 g/mol. The highest BCUT2D eigenvalue weighted by Gasteiger charge is 2.21. The number of aryl methyl sites for hydroxylation is 1. The number of nitrogens with one attached hydrogen (secondary N) is 1. The molecule has 6 nitrogen and oxygen atoms in total. The average molecular weight is 509 g/mol. The Morgan fingerprint density at radius 3 is 2.57 bits per heavy atom. The van der Waals surface area contributed by atoms with E-state index in [0.29, 0.717) is 17.2 Å². The number of para-hydroxylation sites is 1. The molecule has 0 atom stereocenters. The predicted molar refractivity (Wildman–Crippen MR) is 149 cm³/mol. The summed E-state index contributed by atoms with van der Waals surface area (Å²) in [5.74, 6) is 3.64. The SMILES string of the molecule is O=C(Nc1ccc(-c2nnc3n2CCCCC3)cc1)c1oc2ccccc2c1CSCc1ccccc1. The van der Waals surface area contributed by atoms with Crippen molar-refractivity contribution in [3.8, 4) is 11.4 Å². The number of amides is 1. The first-order valence-electron chi connectivity index (χ1n) is 12.7. The van der Waals surface area contributed by atoms with Crippen LogP contribution < -0.4 is 5.32 Å². The zero-order valence-electron chi connectivity index (χ0n) is 20.5. The molecule has 3 aromatic carbocycles. The van der Waals surface area contributed by atoms with E-state index in [2.05, 4.69) is 32.2 Å². The van der Waals surface area contributed by atoms with Gasteiger partial charge < -0.3 is 14.3 Å². The number of carbonyl (C=O) groups excluding carboxylic acids is 1. The summed E-state index contributed by atoms with van der Waals surface area (Å²) in [5.41, 5.74) is 4.63. The smallest absolute Gasteiger partial charge is 0.291 e. The minimum absolute atomic E-state index is 0.240. The van der Waals surface area contributed by atoms with E-state index in [1.54, 1.807) is 11.8 Å². The lowest BCUT2D eigenvalue weighted by molar-refractivity contribution is 0.0998. The standard InChI is InChI=1S/C30H28N4O2S/c35-30(31-23-16-14-22(15-17-23)29-33-32-27-13-5-2-8-18-34(27)29)28-25(24-11-6-7-12-26(24)36-28)20-37-19-21-9-3-1-4-10-21/h1,3-4,6-7,9-12,14-17H,2,5,8,13,18-20H2,(H,31,35). The highest BCUT2D eigenvalue weighted by Crippen LogP contribution is 2.31. The largest absolute Gasteiger partial charge is 0.451 e. The van der Waals surface area contributed by atoms with Crippen LogP contribution in [0.25, 0.3) is 22.4 Å². The third kappa shape index (κ3) is 5.04. The molecular formula is C30H28N4O2S. The number of anilines is 1. The number of aromatic nitrogens is 3. The molecule has 0 spiro atoms. The average Bonchev–Trinajstić information content (AvgIpc) is 3.43. The second-order valence-corrected chi connectivity index (χ2v) is 10.3. The van der Waals surface area contributed by atoms with E-state index < -0.39 is 0 Å². The zero-order valence-corrected chi connectivity index (χ0v) is 21.3. The third-order valence-electron chi connectivity index (χ3n) is 6.77. The van der Waals surface area contributed by atoms with Crippen molar-refractivity contribution in [3.05, 3.63) is 102 Å². The first-order chi connectivity index (χ1) is 18.3. The van der Waals surface area contributed by atoms with Gasteiger partial charge in [0, 0.05) is 46.7 Å².